The first-order valence-corrected chi connectivity index (χ1v) is 10.1. The van der Waals surface area contributed by atoms with Gasteiger partial charge in [0.1, 0.15) is 0 Å². The van der Waals surface area contributed by atoms with E-state index in [0.717, 1.165) is 29.0 Å². The molecule has 0 spiro atoms. The molecule has 0 aliphatic heterocycles. The molecular weight excluding hydrogens is 376 g/mol. The van der Waals surface area contributed by atoms with Gasteiger partial charge in [-0.25, -0.2) is 0 Å². The second kappa shape index (κ2) is 8.35. The number of benzene rings is 1. The Balaban J connectivity index is 1.20. The van der Waals surface area contributed by atoms with Crippen molar-refractivity contribution < 1.29 is 14.1 Å². The van der Waals surface area contributed by atoms with Crippen molar-refractivity contribution in [3.63, 3.8) is 0 Å². The van der Waals surface area contributed by atoms with E-state index in [4.69, 9.17) is 4.52 Å². The minimum absolute atomic E-state index is 0.0815. The van der Waals surface area contributed by atoms with Crippen LogP contribution in [0.3, 0.4) is 0 Å². The van der Waals surface area contributed by atoms with Crippen LogP contribution in [0.4, 0.5) is 5.69 Å². The molecule has 1 fully saturated rings. The minimum Gasteiger partial charge on any atom is -0.352 e. The van der Waals surface area contributed by atoms with Crippen LogP contribution in [0.2, 0.25) is 0 Å². The Labute approximate surface area is 166 Å². The fourth-order valence-corrected chi connectivity index (χ4v) is 3.32. The molecule has 2 N–H and O–H groups in total. The van der Waals surface area contributed by atoms with Crippen LogP contribution >= 0.6 is 11.3 Å². The van der Waals surface area contributed by atoms with Crippen molar-refractivity contribution in [2.75, 3.05) is 5.32 Å². The Morgan fingerprint density at radius 1 is 1.18 bits per heavy atom. The molecule has 1 saturated carbocycles. The average Bonchev–Trinajstić information content (AvgIpc) is 3.22. The Morgan fingerprint density at radius 3 is 2.71 bits per heavy atom. The summed E-state index contributed by atoms with van der Waals surface area (Å²) in [6.45, 7) is 0.431. The van der Waals surface area contributed by atoms with Gasteiger partial charge in [0, 0.05) is 31.0 Å². The molecule has 8 heteroatoms. The molecule has 144 valence electrons. The number of thiophene rings is 1. The summed E-state index contributed by atoms with van der Waals surface area (Å²) < 4.78 is 5.20. The predicted molar refractivity (Wildman–Crippen MR) is 106 cm³/mol. The van der Waals surface area contributed by atoms with Gasteiger partial charge in [-0.1, -0.05) is 23.4 Å². The van der Waals surface area contributed by atoms with Gasteiger partial charge in [-0.05, 0) is 42.0 Å². The minimum atomic E-state index is -0.0815. The first kappa shape index (κ1) is 18.4. The van der Waals surface area contributed by atoms with Gasteiger partial charge in [-0.2, -0.15) is 4.98 Å². The van der Waals surface area contributed by atoms with E-state index < -0.39 is 0 Å². The van der Waals surface area contributed by atoms with Crippen molar-refractivity contribution in [3.05, 3.63) is 53.2 Å². The highest BCUT2D eigenvalue weighted by Gasteiger charge is 2.29. The summed E-state index contributed by atoms with van der Waals surface area (Å²) in [5.74, 6) is 1.19. The molecule has 4 rings (SSSR count). The first-order valence-electron chi connectivity index (χ1n) is 9.20. The average molecular weight is 396 g/mol. The van der Waals surface area contributed by atoms with E-state index in [0.29, 0.717) is 24.7 Å². The summed E-state index contributed by atoms with van der Waals surface area (Å²) in [6.07, 6.45) is 2.64. The van der Waals surface area contributed by atoms with E-state index in [1.54, 1.807) is 11.3 Å². The molecule has 0 radical (unpaired) electrons. The molecule has 2 amide bonds. The number of aryl methyl sites for hydroxylation is 1. The maximum atomic E-state index is 12.1. The number of amides is 2. The number of aromatic nitrogens is 2. The second-order valence-corrected chi connectivity index (χ2v) is 7.67. The predicted octanol–water partition coefficient (Wildman–Crippen LogP) is 3.40. The van der Waals surface area contributed by atoms with Gasteiger partial charge in [-0.3, -0.25) is 9.59 Å². The normalized spacial score (nSPS) is 13.3. The van der Waals surface area contributed by atoms with E-state index in [1.807, 2.05) is 41.8 Å². The summed E-state index contributed by atoms with van der Waals surface area (Å²) in [5, 5.41) is 11.7. The van der Waals surface area contributed by atoms with E-state index in [9.17, 15) is 9.59 Å². The van der Waals surface area contributed by atoms with Crippen molar-refractivity contribution >= 4 is 28.8 Å². The Kier molecular flexibility index (Phi) is 5.48. The molecule has 0 saturated heterocycles. The van der Waals surface area contributed by atoms with Gasteiger partial charge in [0.2, 0.25) is 23.5 Å². The molecular formula is C20H20N4O3S. The monoisotopic (exact) mass is 396 g/mol. The molecule has 7 nitrogen and oxygen atoms in total. The molecule has 28 heavy (non-hydrogen) atoms. The van der Waals surface area contributed by atoms with E-state index in [-0.39, 0.29) is 24.2 Å². The second-order valence-electron chi connectivity index (χ2n) is 6.73. The van der Waals surface area contributed by atoms with Crippen molar-refractivity contribution in [1.82, 2.24) is 15.5 Å². The summed E-state index contributed by atoms with van der Waals surface area (Å²) in [7, 11) is 0. The number of rotatable bonds is 8. The van der Waals surface area contributed by atoms with Crippen LogP contribution in [-0.2, 0) is 22.6 Å². The smallest absolute Gasteiger partial charge is 0.227 e. The highest BCUT2D eigenvalue weighted by atomic mass is 32.1. The SMILES string of the molecule is O=C(CCc1nc(-c2cccs2)no1)NCc1ccc(NC(=O)C2CC2)cc1. The third kappa shape index (κ3) is 4.83. The quantitative estimate of drug-likeness (QED) is 0.608. The van der Waals surface area contributed by atoms with Gasteiger partial charge in [0.15, 0.2) is 0 Å². The van der Waals surface area contributed by atoms with Crippen LogP contribution in [0, 0.1) is 5.92 Å². The Bertz CT molecular complexity index is 946. The molecule has 0 bridgehead atoms. The fraction of sp³-hybridized carbons (Fsp3) is 0.300. The summed E-state index contributed by atoms with van der Waals surface area (Å²) in [5.41, 5.74) is 1.75. The Morgan fingerprint density at radius 2 is 2.00 bits per heavy atom. The molecule has 0 atom stereocenters. The van der Waals surface area contributed by atoms with Gasteiger partial charge in [0.25, 0.3) is 0 Å². The number of anilines is 1. The summed E-state index contributed by atoms with van der Waals surface area (Å²) >= 11 is 1.54. The zero-order valence-electron chi connectivity index (χ0n) is 15.2. The van der Waals surface area contributed by atoms with Crippen LogP contribution in [0.15, 0.2) is 46.3 Å². The lowest BCUT2D eigenvalue weighted by Gasteiger charge is -2.07. The van der Waals surface area contributed by atoms with Crippen LogP contribution in [-0.4, -0.2) is 22.0 Å². The van der Waals surface area contributed by atoms with E-state index in [1.165, 1.54) is 0 Å². The van der Waals surface area contributed by atoms with Crippen molar-refractivity contribution in [1.29, 1.82) is 0 Å². The highest BCUT2D eigenvalue weighted by molar-refractivity contribution is 7.13. The summed E-state index contributed by atoms with van der Waals surface area (Å²) in [6, 6.07) is 11.4. The third-order valence-corrected chi connectivity index (χ3v) is 5.30. The molecule has 1 aliphatic carbocycles. The number of hydrogen-bond donors (Lipinski definition) is 2. The fourth-order valence-electron chi connectivity index (χ4n) is 2.67. The topological polar surface area (TPSA) is 97.1 Å². The number of carbonyl (C=O) groups excluding carboxylic acids is 2. The standard InChI is InChI=1S/C20H20N4O3S/c25-17(9-10-18-23-19(24-27-18)16-2-1-11-28-16)21-12-13-3-7-15(8-4-13)22-20(26)14-5-6-14/h1-4,7-8,11,14H,5-6,9-10,12H2,(H,21,25)(H,22,26). The van der Waals surface area contributed by atoms with E-state index >= 15 is 0 Å². The molecule has 1 aromatic carbocycles. The number of carbonyl (C=O) groups is 2. The van der Waals surface area contributed by atoms with Crippen LogP contribution < -0.4 is 10.6 Å². The zero-order chi connectivity index (χ0) is 19.3. The number of nitrogens with one attached hydrogen (secondary N) is 2. The van der Waals surface area contributed by atoms with Crippen LogP contribution in [0.25, 0.3) is 10.7 Å². The highest BCUT2D eigenvalue weighted by Crippen LogP contribution is 2.30. The van der Waals surface area contributed by atoms with Gasteiger partial charge >= 0.3 is 0 Å². The lowest BCUT2D eigenvalue weighted by atomic mass is 10.2. The molecule has 0 unspecified atom stereocenters. The largest absolute Gasteiger partial charge is 0.352 e. The van der Waals surface area contributed by atoms with Crippen molar-refractivity contribution in [2.45, 2.75) is 32.2 Å². The van der Waals surface area contributed by atoms with Gasteiger partial charge in [-0.15, -0.1) is 11.3 Å². The maximum Gasteiger partial charge on any atom is 0.227 e. The molecule has 1 aliphatic rings. The maximum absolute atomic E-state index is 12.1. The first-order chi connectivity index (χ1) is 13.7. The van der Waals surface area contributed by atoms with Crippen LogP contribution in [0.5, 0.6) is 0 Å². The molecule has 2 heterocycles. The summed E-state index contributed by atoms with van der Waals surface area (Å²) in [4.78, 5) is 29.1. The lowest BCUT2D eigenvalue weighted by molar-refractivity contribution is -0.121. The number of nitrogens with zero attached hydrogens (tertiary/aromatic N) is 2. The van der Waals surface area contributed by atoms with E-state index in [2.05, 4.69) is 20.8 Å². The Hall–Kier alpha value is -3.00. The lowest BCUT2D eigenvalue weighted by Crippen LogP contribution is -2.23. The third-order valence-electron chi connectivity index (χ3n) is 4.43. The zero-order valence-corrected chi connectivity index (χ0v) is 16.0. The molecule has 3 aromatic rings. The van der Waals surface area contributed by atoms with Crippen molar-refractivity contribution in [2.24, 2.45) is 5.92 Å². The van der Waals surface area contributed by atoms with Gasteiger partial charge < -0.3 is 15.2 Å². The van der Waals surface area contributed by atoms with Crippen molar-refractivity contribution in [3.8, 4) is 10.7 Å². The molecule has 2 aromatic heterocycles. The van der Waals surface area contributed by atoms with Gasteiger partial charge in [0.05, 0.1) is 4.88 Å². The number of hydrogen-bond acceptors (Lipinski definition) is 6. The van der Waals surface area contributed by atoms with Crippen LogP contribution in [0.1, 0.15) is 30.7 Å².